The van der Waals surface area contributed by atoms with Crippen LogP contribution in [0.1, 0.15) is 31.2 Å². The molecule has 0 spiro atoms. The standard InChI is InChI=1S/C22H37N3O3.HI/c1-23-22(25-14-10-21(11-15-25)28-18-7-16-26-2)24-13-6-17-27-19-12-20-8-4-3-5-9-20;/h3-5,8-9,21H,6-7,10-19H2,1-2H3,(H,23,24);1H. The molecule has 7 heteroatoms. The van der Waals surface area contributed by atoms with E-state index in [1.165, 1.54) is 5.56 Å². The summed E-state index contributed by atoms with van der Waals surface area (Å²) in [5.41, 5.74) is 1.33. The van der Waals surface area contributed by atoms with Crippen molar-refractivity contribution >= 4 is 29.9 Å². The third kappa shape index (κ3) is 11.2. The number of aliphatic imine (C=N–C) groups is 1. The van der Waals surface area contributed by atoms with Crippen LogP contribution in [0.2, 0.25) is 0 Å². The summed E-state index contributed by atoms with van der Waals surface area (Å²) in [5, 5.41) is 3.46. The third-order valence-electron chi connectivity index (χ3n) is 4.93. The lowest BCUT2D eigenvalue weighted by molar-refractivity contribution is 0.00990. The minimum absolute atomic E-state index is 0. The Morgan fingerprint density at radius 1 is 1.07 bits per heavy atom. The zero-order valence-electron chi connectivity index (χ0n) is 18.0. The van der Waals surface area contributed by atoms with Crippen LogP contribution in [0.15, 0.2) is 35.3 Å². The first kappa shape index (κ1) is 26.1. The summed E-state index contributed by atoms with van der Waals surface area (Å²) in [6, 6.07) is 10.5. The van der Waals surface area contributed by atoms with E-state index >= 15 is 0 Å². The number of benzene rings is 1. The quantitative estimate of drug-likeness (QED) is 0.199. The average molecular weight is 519 g/mol. The highest BCUT2D eigenvalue weighted by atomic mass is 127. The molecule has 29 heavy (non-hydrogen) atoms. The molecule has 1 N–H and O–H groups in total. The van der Waals surface area contributed by atoms with Crippen molar-refractivity contribution in [1.29, 1.82) is 0 Å². The first-order valence-corrected chi connectivity index (χ1v) is 10.5. The van der Waals surface area contributed by atoms with Crippen LogP contribution in [0.4, 0.5) is 0 Å². The summed E-state index contributed by atoms with van der Waals surface area (Å²) in [4.78, 5) is 6.75. The SMILES string of the molecule is CN=C(NCCCOCCc1ccccc1)N1CCC(OCCCOC)CC1.I. The maximum atomic E-state index is 5.93. The molecular formula is C22H38IN3O3. The van der Waals surface area contributed by atoms with Gasteiger partial charge >= 0.3 is 0 Å². The van der Waals surface area contributed by atoms with Crippen LogP contribution in [0.25, 0.3) is 0 Å². The van der Waals surface area contributed by atoms with Crippen LogP contribution in [0, 0.1) is 0 Å². The summed E-state index contributed by atoms with van der Waals surface area (Å²) < 4.78 is 16.7. The number of nitrogens with one attached hydrogen (secondary N) is 1. The molecule has 166 valence electrons. The Balaban J connectivity index is 0.00000420. The molecule has 1 aliphatic rings. The molecule has 1 aromatic carbocycles. The summed E-state index contributed by atoms with van der Waals surface area (Å²) >= 11 is 0. The Labute approximate surface area is 193 Å². The van der Waals surface area contributed by atoms with Gasteiger partial charge in [0.25, 0.3) is 0 Å². The van der Waals surface area contributed by atoms with Gasteiger partial charge in [0.2, 0.25) is 0 Å². The summed E-state index contributed by atoms with van der Waals surface area (Å²) in [7, 11) is 3.58. The van der Waals surface area contributed by atoms with E-state index < -0.39 is 0 Å². The summed E-state index contributed by atoms with van der Waals surface area (Å²) in [6.07, 6.45) is 5.38. The number of ether oxygens (including phenoxy) is 3. The van der Waals surface area contributed by atoms with Crippen LogP contribution in [0.5, 0.6) is 0 Å². The van der Waals surface area contributed by atoms with Gasteiger partial charge in [-0.15, -0.1) is 24.0 Å². The van der Waals surface area contributed by atoms with Gasteiger partial charge in [0.1, 0.15) is 0 Å². The molecule has 2 rings (SSSR count). The molecule has 1 saturated heterocycles. The molecule has 1 aliphatic heterocycles. The number of guanidine groups is 1. The number of hydrogen-bond acceptors (Lipinski definition) is 4. The third-order valence-corrected chi connectivity index (χ3v) is 4.93. The first-order chi connectivity index (χ1) is 13.8. The molecule has 0 bridgehead atoms. The highest BCUT2D eigenvalue weighted by Crippen LogP contribution is 2.14. The molecule has 0 aromatic heterocycles. The minimum atomic E-state index is 0. The molecule has 0 atom stereocenters. The number of methoxy groups -OCH3 is 1. The van der Waals surface area contributed by atoms with Crippen molar-refractivity contribution in [2.75, 3.05) is 60.2 Å². The molecule has 1 aromatic rings. The van der Waals surface area contributed by atoms with Crippen LogP contribution < -0.4 is 5.32 Å². The smallest absolute Gasteiger partial charge is 0.193 e. The minimum Gasteiger partial charge on any atom is -0.385 e. The highest BCUT2D eigenvalue weighted by molar-refractivity contribution is 14.0. The number of hydrogen-bond donors (Lipinski definition) is 1. The lowest BCUT2D eigenvalue weighted by Gasteiger charge is -2.34. The summed E-state index contributed by atoms with van der Waals surface area (Å²) in [5.74, 6) is 0.988. The lowest BCUT2D eigenvalue weighted by atomic mass is 10.1. The van der Waals surface area contributed by atoms with Gasteiger partial charge in [-0.05, 0) is 37.7 Å². The van der Waals surface area contributed by atoms with E-state index in [-0.39, 0.29) is 24.0 Å². The zero-order valence-corrected chi connectivity index (χ0v) is 20.3. The lowest BCUT2D eigenvalue weighted by Crippen LogP contribution is -2.47. The van der Waals surface area contributed by atoms with Gasteiger partial charge in [-0.1, -0.05) is 30.3 Å². The van der Waals surface area contributed by atoms with Crippen molar-refractivity contribution < 1.29 is 14.2 Å². The van der Waals surface area contributed by atoms with E-state index in [1.807, 2.05) is 13.1 Å². The number of piperidine rings is 1. The maximum Gasteiger partial charge on any atom is 0.193 e. The number of rotatable bonds is 12. The van der Waals surface area contributed by atoms with Gasteiger partial charge in [0.15, 0.2) is 5.96 Å². The van der Waals surface area contributed by atoms with E-state index in [0.717, 1.165) is 84.1 Å². The van der Waals surface area contributed by atoms with Gasteiger partial charge in [-0.3, -0.25) is 4.99 Å². The molecule has 0 saturated carbocycles. The number of halogens is 1. The zero-order chi connectivity index (χ0) is 19.9. The maximum absolute atomic E-state index is 5.93. The van der Waals surface area contributed by atoms with Crippen molar-refractivity contribution in [2.24, 2.45) is 4.99 Å². The van der Waals surface area contributed by atoms with Gasteiger partial charge in [-0.25, -0.2) is 0 Å². The van der Waals surface area contributed by atoms with Gasteiger partial charge < -0.3 is 24.4 Å². The first-order valence-electron chi connectivity index (χ1n) is 10.5. The fourth-order valence-corrected chi connectivity index (χ4v) is 3.33. The average Bonchev–Trinajstić information content (AvgIpc) is 2.75. The molecule has 0 unspecified atom stereocenters. The van der Waals surface area contributed by atoms with Crippen LogP contribution in [-0.2, 0) is 20.6 Å². The predicted molar refractivity (Wildman–Crippen MR) is 129 cm³/mol. The van der Waals surface area contributed by atoms with Crippen LogP contribution in [0.3, 0.4) is 0 Å². The molecule has 0 amide bonds. The molecule has 1 heterocycles. The number of nitrogens with zero attached hydrogens (tertiary/aromatic N) is 2. The van der Waals surface area contributed by atoms with E-state index in [2.05, 4.69) is 39.5 Å². The Kier molecular flexibility index (Phi) is 15.2. The van der Waals surface area contributed by atoms with E-state index in [9.17, 15) is 0 Å². The molecule has 1 fully saturated rings. The van der Waals surface area contributed by atoms with E-state index in [0.29, 0.717) is 6.10 Å². The highest BCUT2D eigenvalue weighted by Gasteiger charge is 2.21. The van der Waals surface area contributed by atoms with Crippen molar-refractivity contribution in [1.82, 2.24) is 10.2 Å². The number of likely N-dealkylation sites (tertiary alicyclic amines) is 1. The van der Waals surface area contributed by atoms with Crippen molar-refractivity contribution in [3.8, 4) is 0 Å². The van der Waals surface area contributed by atoms with Crippen molar-refractivity contribution in [3.05, 3.63) is 35.9 Å². The van der Waals surface area contributed by atoms with Crippen molar-refractivity contribution in [3.63, 3.8) is 0 Å². The Morgan fingerprint density at radius 2 is 1.83 bits per heavy atom. The van der Waals surface area contributed by atoms with Crippen molar-refractivity contribution in [2.45, 2.75) is 38.2 Å². The van der Waals surface area contributed by atoms with Gasteiger partial charge in [0.05, 0.1) is 12.7 Å². The topological polar surface area (TPSA) is 55.3 Å². The fourth-order valence-electron chi connectivity index (χ4n) is 3.33. The van der Waals surface area contributed by atoms with Gasteiger partial charge in [-0.2, -0.15) is 0 Å². The van der Waals surface area contributed by atoms with Crippen LogP contribution >= 0.6 is 24.0 Å². The second-order valence-corrected chi connectivity index (χ2v) is 7.08. The monoisotopic (exact) mass is 519 g/mol. The molecule has 6 nitrogen and oxygen atoms in total. The molecule has 0 aliphatic carbocycles. The van der Waals surface area contributed by atoms with E-state index in [1.54, 1.807) is 7.11 Å². The Morgan fingerprint density at radius 3 is 2.52 bits per heavy atom. The normalized spacial score (nSPS) is 15.2. The Hall–Kier alpha value is -0.900. The predicted octanol–water partition coefficient (Wildman–Crippen LogP) is 3.35. The van der Waals surface area contributed by atoms with Gasteiger partial charge in [0, 0.05) is 53.6 Å². The molecular weight excluding hydrogens is 481 g/mol. The Bertz CT molecular complexity index is 537. The summed E-state index contributed by atoms with van der Waals surface area (Å²) in [6.45, 7) is 5.96. The second-order valence-electron chi connectivity index (χ2n) is 7.08. The largest absolute Gasteiger partial charge is 0.385 e. The molecule has 0 radical (unpaired) electrons. The second kappa shape index (κ2) is 16.8. The van der Waals surface area contributed by atoms with Crippen LogP contribution in [-0.4, -0.2) is 77.2 Å². The fraction of sp³-hybridized carbons (Fsp3) is 0.682. The van der Waals surface area contributed by atoms with E-state index in [4.69, 9.17) is 14.2 Å².